The third kappa shape index (κ3) is 4.20. The van der Waals surface area contributed by atoms with Gasteiger partial charge in [0.15, 0.2) is 0 Å². The molecule has 0 bridgehead atoms. The molecule has 1 aromatic rings. The Hall–Kier alpha value is -2.59. The normalized spacial score (nSPS) is 12.6. The van der Waals surface area contributed by atoms with E-state index in [-0.39, 0.29) is 23.3 Å². The number of carboxylic acid groups (broad SMARTS) is 1. The molecule has 10 heteroatoms. The lowest BCUT2D eigenvalue weighted by Gasteiger charge is -2.18. The van der Waals surface area contributed by atoms with Gasteiger partial charge in [-0.25, -0.2) is 4.79 Å². The number of para-hydroxylation sites is 1. The summed E-state index contributed by atoms with van der Waals surface area (Å²) in [7, 11) is -1.97. The molecular weight excluding hydrogens is 295 g/mol. The standard InChI is InChI=1S/C12H15BN2O7/c1-6(15-22)11(17)14-9(13(20)21)5-7-3-2-4-8(10(7)16)12(18)19/h2-4,9,16,20-22H,5H2,1H3,(H,14,17)(H,18,19)/b15-6-. The van der Waals surface area contributed by atoms with Gasteiger partial charge in [0, 0.05) is 0 Å². The number of oxime groups is 1. The van der Waals surface area contributed by atoms with Crippen molar-refractivity contribution in [2.45, 2.75) is 19.3 Å². The Balaban J connectivity index is 3.00. The molecule has 1 rings (SSSR count). The minimum atomic E-state index is -1.97. The number of benzene rings is 1. The van der Waals surface area contributed by atoms with Gasteiger partial charge in [-0.15, -0.1) is 0 Å². The molecule has 0 heterocycles. The molecule has 0 saturated carbocycles. The molecule has 118 valence electrons. The molecule has 9 nitrogen and oxygen atoms in total. The molecule has 0 aliphatic carbocycles. The molecule has 1 aromatic carbocycles. The number of nitrogens with zero attached hydrogens (tertiary/aromatic N) is 1. The Bertz CT molecular complexity index is 603. The summed E-state index contributed by atoms with van der Waals surface area (Å²) in [5.74, 6) is -3.94. The summed E-state index contributed by atoms with van der Waals surface area (Å²) >= 11 is 0. The zero-order valence-corrected chi connectivity index (χ0v) is 11.6. The number of carboxylic acids is 1. The van der Waals surface area contributed by atoms with E-state index in [9.17, 15) is 24.7 Å². The van der Waals surface area contributed by atoms with E-state index >= 15 is 0 Å². The molecule has 6 N–H and O–H groups in total. The van der Waals surface area contributed by atoms with Gasteiger partial charge in [-0.2, -0.15) is 0 Å². The van der Waals surface area contributed by atoms with Crippen LogP contribution in [0.15, 0.2) is 23.4 Å². The summed E-state index contributed by atoms with van der Waals surface area (Å²) < 4.78 is 0. The van der Waals surface area contributed by atoms with Crippen LogP contribution in [0.1, 0.15) is 22.8 Å². The SMILES string of the molecule is C/C(=N/O)C(=O)NC(Cc1cccc(C(=O)O)c1O)B(O)O. The third-order valence-corrected chi connectivity index (χ3v) is 2.94. The summed E-state index contributed by atoms with van der Waals surface area (Å²) in [6.07, 6.45) is -0.241. The molecule has 22 heavy (non-hydrogen) atoms. The van der Waals surface area contributed by atoms with Crippen LogP contribution in [0, 0.1) is 0 Å². The van der Waals surface area contributed by atoms with Gasteiger partial charge >= 0.3 is 13.1 Å². The van der Waals surface area contributed by atoms with Crippen LogP contribution in [0.4, 0.5) is 0 Å². The molecule has 0 aliphatic rings. The van der Waals surface area contributed by atoms with E-state index < -0.39 is 30.7 Å². The molecule has 0 spiro atoms. The molecule has 1 atom stereocenters. The lowest BCUT2D eigenvalue weighted by molar-refractivity contribution is -0.115. The van der Waals surface area contributed by atoms with Crippen LogP contribution in [-0.2, 0) is 11.2 Å². The maximum absolute atomic E-state index is 11.6. The van der Waals surface area contributed by atoms with Gasteiger partial charge in [0.05, 0.1) is 5.94 Å². The Morgan fingerprint density at radius 2 is 2.00 bits per heavy atom. The highest BCUT2D eigenvalue weighted by Gasteiger charge is 2.28. The highest BCUT2D eigenvalue weighted by molar-refractivity contribution is 6.46. The monoisotopic (exact) mass is 310 g/mol. The average molecular weight is 310 g/mol. The number of amides is 1. The van der Waals surface area contributed by atoms with Crippen molar-refractivity contribution in [2.24, 2.45) is 5.16 Å². The van der Waals surface area contributed by atoms with E-state index in [0.717, 1.165) is 0 Å². The van der Waals surface area contributed by atoms with E-state index in [4.69, 9.17) is 10.3 Å². The van der Waals surface area contributed by atoms with E-state index in [1.54, 1.807) is 0 Å². The number of hydrogen-bond acceptors (Lipinski definition) is 7. The van der Waals surface area contributed by atoms with Gasteiger partial charge in [-0.1, -0.05) is 17.3 Å². The van der Waals surface area contributed by atoms with Gasteiger partial charge in [-0.05, 0) is 25.0 Å². The lowest BCUT2D eigenvalue weighted by atomic mass is 9.75. The van der Waals surface area contributed by atoms with E-state index in [1.807, 2.05) is 0 Å². The smallest absolute Gasteiger partial charge is 0.475 e. The molecule has 0 aliphatic heterocycles. The van der Waals surface area contributed by atoms with Crippen LogP contribution in [-0.4, -0.2) is 56.1 Å². The maximum atomic E-state index is 11.6. The molecule has 0 radical (unpaired) electrons. The largest absolute Gasteiger partial charge is 0.507 e. The summed E-state index contributed by atoms with van der Waals surface area (Å²) in [5.41, 5.74) is -0.533. The van der Waals surface area contributed by atoms with Crippen LogP contribution in [0.25, 0.3) is 0 Å². The van der Waals surface area contributed by atoms with Crippen molar-refractivity contribution in [3.8, 4) is 5.75 Å². The first-order chi connectivity index (χ1) is 10.3. The first-order valence-electron chi connectivity index (χ1n) is 6.17. The topological polar surface area (TPSA) is 160 Å². The number of phenols is 1. The molecule has 1 unspecified atom stereocenters. The lowest BCUT2D eigenvalue weighted by Crippen LogP contribution is -2.49. The zero-order valence-electron chi connectivity index (χ0n) is 11.6. The first-order valence-corrected chi connectivity index (χ1v) is 6.17. The van der Waals surface area contributed by atoms with Crippen LogP contribution < -0.4 is 5.32 Å². The van der Waals surface area contributed by atoms with Crippen LogP contribution in [0.2, 0.25) is 0 Å². The van der Waals surface area contributed by atoms with Gasteiger partial charge < -0.3 is 30.8 Å². The Kier molecular flexibility index (Phi) is 5.90. The van der Waals surface area contributed by atoms with E-state index in [1.165, 1.54) is 25.1 Å². The number of rotatable bonds is 6. The van der Waals surface area contributed by atoms with Gasteiger partial charge in [0.25, 0.3) is 5.91 Å². The van der Waals surface area contributed by atoms with Crippen molar-refractivity contribution in [2.75, 3.05) is 0 Å². The van der Waals surface area contributed by atoms with Gasteiger partial charge in [0.2, 0.25) is 0 Å². The average Bonchev–Trinajstić information content (AvgIpc) is 2.46. The molecule has 0 aromatic heterocycles. The summed E-state index contributed by atoms with van der Waals surface area (Å²) in [5, 5.41) is 50.7. The minimum absolute atomic E-state index is 0.108. The van der Waals surface area contributed by atoms with Gasteiger partial charge in [0.1, 0.15) is 17.0 Å². The summed E-state index contributed by atoms with van der Waals surface area (Å²) in [4.78, 5) is 22.5. The number of nitrogens with one attached hydrogen (secondary N) is 1. The van der Waals surface area contributed by atoms with Crippen molar-refractivity contribution < 1.29 is 35.1 Å². The second-order valence-corrected chi connectivity index (χ2v) is 4.50. The second-order valence-electron chi connectivity index (χ2n) is 4.50. The molecule has 0 saturated heterocycles. The number of carbonyl (C=O) groups excluding carboxylic acids is 1. The zero-order chi connectivity index (χ0) is 16.9. The molecule has 0 fully saturated rings. The Morgan fingerprint density at radius 1 is 1.36 bits per heavy atom. The number of hydrogen-bond donors (Lipinski definition) is 6. The third-order valence-electron chi connectivity index (χ3n) is 2.94. The number of aromatic hydroxyl groups is 1. The van der Waals surface area contributed by atoms with E-state index in [0.29, 0.717) is 0 Å². The highest BCUT2D eigenvalue weighted by atomic mass is 16.4. The van der Waals surface area contributed by atoms with Crippen LogP contribution in [0.5, 0.6) is 5.75 Å². The van der Waals surface area contributed by atoms with Crippen molar-refractivity contribution in [3.63, 3.8) is 0 Å². The van der Waals surface area contributed by atoms with E-state index in [2.05, 4.69) is 10.5 Å². The quantitative estimate of drug-likeness (QED) is 0.170. The molecular formula is C12H15BN2O7. The summed E-state index contributed by atoms with van der Waals surface area (Å²) in [6, 6.07) is 3.95. The number of carbonyl (C=O) groups is 2. The van der Waals surface area contributed by atoms with Crippen molar-refractivity contribution in [1.82, 2.24) is 5.32 Å². The molecule has 1 amide bonds. The fraction of sp³-hybridized carbons (Fsp3) is 0.250. The van der Waals surface area contributed by atoms with Crippen molar-refractivity contribution in [1.29, 1.82) is 0 Å². The Morgan fingerprint density at radius 3 is 2.50 bits per heavy atom. The second kappa shape index (κ2) is 7.43. The summed E-state index contributed by atoms with van der Waals surface area (Å²) in [6.45, 7) is 1.21. The fourth-order valence-corrected chi connectivity index (χ4v) is 1.71. The fourth-order valence-electron chi connectivity index (χ4n) is 1.71. The highest BCUT2D eigenvalue weighted by Crippen LogP contribution is 2.23. The number of aromatic carboxylic acids is 1. The predicted molar refractivity (Wildman–Crippen MR) is 75.8 cm³/mol. The van der Waals surface area contributed by atoms with Gasteiger partial charge in [-0.3, -0.25) is 4.79 Å². The van der Waals surface area contributed by atoms with Crippen LogP contribution >= 0.6 is 0 Å². The van der Waals surface area contributed by atoms with Crippen molar-refractivity contribution >= 4 is 24.7 Å². The van der Waals surface area contributed by atoms with Crippen LogP contribution in [0.3, 0.4) is 0 Å². The first kappa shape index (κ1) is 17.5. The van der Waals surface area contributed by atoms with Crippen molar-refractivity contribution in [3.05, 3.63) is 29.3 Å². The Labute approximate surface area is 125 Å². The minimum Gasteiger partial charge on any atom is -0.507 e. The predicted octanol–water partition coefficient (Wildman–Crippen LogP) is -1.02. The maximum Gasteiger partial charge on any atom is 0.475 e.